The number of carbonyl (C=O) groups excluding carboxylic acids is 1. The van der Waals surface area contributed by atoms with Crippen molar-refractivity contribution < 1.29 is 14.3 Å². The number of fused-ring (bicyclic) bond motifs is 1. The van der Waals surface area contributed by atoms with E-state index in [2.05, 4.69) is 0 Å². The largest absolute Gasteiger partial charge is 0.496 e. The molecule has 0 aliphatic carbocycles. The second kappa shape index (κ2) is 9.85. The molecule has 0 bridgehead atoms. The van der Waals surface area contributed by atoms with Crippen LogP contribution in [0.25, 0.3) is 11.8 Å². The van der Waals surface area contributed by atoms with Crippen LogP contribution in [0, 0.1) is 0 Å². The van der Waals surface area contributed by atoms with Gasteiger partial charge >= 0.3 is 5.97 Å². The zero-order chi connectivity index (χ0) is 24.4. The third-order valence-corrected chi connectivity index (χ3v) is 7.43. The van der Waals surface area contributed by atoms with E-state index in [1.807, 2.05) is 78.2 Å². The second-order valence-corrected chi connectivity index (χ2v) is 9.68. The lowest BCUT2D eigenvalue weighted by Gasteiger charge is -2.27. The average Bonchev–Trinajstić information content (AvgIpc) is 3.51. The van der Waals surface area contributed by atoms with Crippen molar-refractivity contribution in [2.24, 2.45) is 4.99 Å². The molecule has 0 fully saturated rings. The van der Waals surface area contributed by atoms with E-state index in [0.29, 0.717) is 31.9 Å². The number of hydrogen-bond donors (Lipinski definition) is 0. The zero-order valence-corrected chi connectivity index (χ0v) is 20.8. The molecule has 0 amide bonds. The molecule has 0 N–H and O–H groups in total. The number of thiophene rings is 1. The highest BCUT2D eigenvalue weighted by Crippen LogP contribution is 2.38. The molecule has 1 aliphatic heterocycles. The van der Waals surface area contributed by atoms with Crippen molar-refractivity contribution in [2.75, 3.05) is 13.7 Å². The predicted molar refractivity (Wildman–Crippen MR) is 138 cm³/mol. The minimum atomic E-state index is -0.762. The molecule has 4 aromatic rings. The molecule has 5 rings (SSSR count). The van der Waals surface area contributed by atoms with Crippen molar-refractivity contribution in [3.05, 3.63) is 113 Å². The van der Waals surface area contributed by atoms with Crippen LogP contribution in [-0.2, 0) is 9.53 Å². The monoisotopic (exact) mass is 502 g/mol. The number of hydrogen-bond acceptors (Lipinski definition) is 7. The molecule has 1 atom stereocenters. The Morgan fingerprint density at radius 2 is 1.86 bits per heavy atom. The number of rotatable bonds is 6. The first kappa shape index (κ1) is 23.0. The smallest absolute Gasteiger partial charge is 0.338 e. The van der Waals surface area contributed by atoms with Gasteiger partial charge in [-0.25, -0.2) is 9.79 Å². The maximum atomic E-state index is 13.8. The van der Waals surface area contributed by atoms with E-state index in [1.54, 1.807) is 29.9 Å². The highest BCUT2D eigenvalue weighted by molar-refractivity contribution is 7.11. The van der Waals surface area contributed by atoms with Gasteiger partial charge in [-0.2, -0.15) is 0 Å². The lowest BCUT2D eigenvalue weighted by Crippen LogP contribution is -2.40. The third-order valence-electron chi connectivity index (χ3n) is 5.62. The van der Waals surface area contributed by atoms with E-state index in [0.717, 1.165) is 10.4 Å². The quantitative estimate of drug-likeness (QED) is 0.374. The van der Waals surface area contributed by atoms with Gasteiger partial charge < -0.3 is 9.47 Å². The number of carbonyl (C=O) groups is 1. The Hall–Kier alpha value is -3.75. The molecular weight excluding hydrogens is 480 g/mol. The number of aromatic nitrogens is 1. The zero-order valence-electron chi connectivity index (χ0n) is 19.1. The van der Waals surface area contributed by atoms with E-state index in [9.17, 15) is 9.59 Å². The maximum absolute atomic E-state index is 13.8. The molecule has 0 spiro atoms. The first-order chi connectivity index (χ1) is 17.1. The summed E-state index contributed by atoms with van der Waals surface area (Å²) in [5.74, 6) is 0.0555. The van der Waals surface area contributed by atoms with Crippen molar-refractivity contribution in [3.8, 4) is 5.75 Å². The number of ether oxygens (including phenoxy) is 2. The predicted octanol–water partition coefficient (Wildman–Crippen LogP) is 4.01. The van der Waals surface area contributed by atoms with Gasteiger partial charge in [0.25, 0.3) is 5.56 Å². The van der Waals surface area contributed by atoms with Gasteiger partial charge in [0.2, 0.25) is 0 Å². The Labute approximate surface area is 209 Å². The van der Waals surface area contributed by atoms with Crippen LogP contribution in [0.1, 0.15) is 29.0 Å². The first-order valence-corrected chi connectivity index (χ1v) is 12.8. The molecule has 6 nitrogen and oxygen atoms in total. The van der Waals surface area contributed by atoms with Crippen LogP contribution < -0.4 is 19.6 Å². The highest BCUT2D eigenvalue weighted by Gasteiger charge is 2.36. The number of thiazole rings is 1. The Morgan fingerprint density at radius 3 is 2.57 bits per heavy atom. The van der Waals surface area contributed by atoms with E-state index >= 15 is 0 Å². The molecule has 1 aliphatic rings. The fourth-order valence-electron chi connectivity index (χ4n) is 4.13. The van der Waals surface area contributed by atoms with Gasteiger partial charge in [-0.3, -0.25) is 9.36 Å². The molecule has 0 saturated carbocycles. The van der Waals surface area contributed by atoms with E-state index in [-0.39, 0.29) is 12.2 Å². The number of methoxy groups -OCH3 is 1. The highest BCUT2D eigenvalue weighted by atomic mass is 32.1. The summed E-state index contributed by atoms with van der Waals surface area (Å²) in [7, 11) is 1.57. The third kappa shape index (κ3) is 4.26. The normalized spacial score (nSPS) is 15.5. The summed E-state index contributed by atoms with van der Waals surface area (Å²) < 4.78 is 13.3. The maximum Gasteiger partial charge on any atom is 0.338 e. The molecule has 2 aromatic carbocycles. The average molecular weight is 503 g/mol. The Bertz CT molecular complexity index is 1580. The summed E-state index contributed by atoms with van der Waals surface area (Å²) in [6, 6.07) is 20.0. The molecule has 3 heterocycles. The Kier molecular flexibility index (Phi) is 6.48. The Morgan fingerprint density at radius 1 is 1.09 bits per heavy atom. The van der Waals surface area contributed by atoms with Crippen LogP contribution in [0.2, 0.25) is 0 Å². The fourth-order valence-corrected chi connectivity index (χ4v) is 5.85. The lowest BCUT2D eigenvalue weighted by molar-refractivity contribution is -0.138. The molecule has 0 saturated heterocycles. The summed E-state index contributed by atoms with van der Waals surface area (Å²) in [6.07, 6.45) is 1.87. The van der Waals surface area contributed by atoms with Gasteiger partial charge in [-0.15, -0.1) is 11.3 Å². The SMILES string of the molecule is CCOC(=O)C1=C(c2ccccc2)N=c2s/c(=C/c3cccs3)c(=O)n2[C@H]1c1ccccc1OC. The number of nitrogens with zero attached hydrogens (tertiary/aromatic N) is 2. The minimum Gasteiger partial charge on any atom is -0.496 e. The number of benzene rings is 2. The second-order valence-electron chi connectivity index (χ2n) is 7.69. The molecule has 8 heteroatoms. The summed E-state index contributed by atoms with van der Waals surface area (Å²) in [5, 5.41) is 1.97. The van der Waals surface area contributed by atoms with Gasteiger partial charge in [-0.1, -0.05) is 65.9 Å². The molecular formula is C27H22N2O4S2. The first-order valence-electron chi connectivity index (χ1n) is 11.1. The molecule has 176 valence electrons. The summed E-state index contributed by atoms with van der Waals surface area (Å²) in [4.78, 5) is 33.5. The van der Waals surface area contributed by atoms with Gasteiger partial charge in [0.05, 0.1) is 29.5 Å². The van der Waals surface area contributed by atoms with Gasteiger partial charge in [-0.05, 0) is 30.5 Å². The van der Waals surface area contributed by atoms with E-state index in [1.165, 1.54) is 11.3 Å². The van der Waals surface area contributed by atoms with Gasteiger partial charge in [0.1, 0.15) is 11.8 Å². The Balaban J connectivity index is 1.88. The molecule has 2 aromatic heterocycles. The van der Waals surface area contributed by atoms with Crippen molar-refractivity contribution >= 4 is 40.4 Å². The van der Waals surface area contributed by atoms with Gasteiger partial charge in [0.15, 0.2) is 4.80 Å². The van der Waals surface area contributed by atoms with Crippen LogP contribution in [0.4, 0.5) is 0 Å². The van der Waals surface area contributed by atoms with Gasteiger partial charge in [0, 0.05) is 16.0 Å². The van der Waals surface area contributed by atoms with Crippen LogP contribution in [0.5, 0.6) is 5.75 Å². The summed E-state index contributed by atoms with van der Waals surface area (Å²) in [5.41, 5.74) is 2.03. The van der Waals surface area contributed by atoms with Crippen molar-refractivity contribution in [3.63, 3.8) is 0 Å². The summed E-state index contributed by atoms with van der Waals surface area (Å²) in [6.45, 7) is 1.96. The molecule has 35 heavy (non-hydrogen) atoms. The van der Waals surface area contributed by atoms with Crippen molar-refractivity contribution in [1.29, 1.82) is 0 Å². The minimum absolute atomic E-state index is 0.200. The fraction of sp³-hybridized carbons (Fsp3) is 0.148. The molecule has 0 unspecified atom stereocenters. The van der Waals surface area contributed by atoms with Crippen molar-refractivity contribution in [2.45, 2.75) is 13.0 Å². The number of para-hydroxylation sites is 1. The lowest BCUT2D eigenvalue weighted by atomic mass is 9.92. The van der Waals surface area contributed by atoms with Crippen LogP contribution in [-0.4, -0.2) is 24.3 Å². The number of esters is 1. The van der Waals surface area contributed by atoms with Crippen LogP contribution in [0.3, 0.4) is 0 Å². The van der Waals surface area contributed by atoms with E-state index in [4.69, 9.17) is 14.5 Å². The van der Waals surface area contributed by atoms with E-state index < -0.39 is 12.0 Å². The summed E-state index contributed by atoms with van der Waals surface area (Å²) >= 11 is 2.86. The van der Waals surface area contributed by atoms with Crippen molar-refractivity contribution in [1.82, 2.24) is 4.57 Å². The standard InChI is InChI=1S/C27H22N2O4S2/c1-3-33-26(31)22-23(17-10-5-4-6-11-17)28-27-29(24(22)19-13-7-8-14-20(19)32-2)25(30)21(35-27)16-18-12-9-15-34-18/h4-16,24H,3H2,1-2H3/b21-16+/t24-/m0/s1. The topological polar surface area (TPSA) is 69.9 Å². The van der Waals surface area contributed by atoms with Crippen LogP contribution >= 0.6 is 22.7 Å². The molecule has 0 radical (unpaired) electrons. The van der Waals surface area contributed by atoms with Crippen LogP contribution in [0.15, 0.2) is 87.5 Å².